The Morgan fingerprint density at radius 1 is 0.643 bits per heavy atom. The first-order chi connectivity index (χ1) is 13.7. The number of halogens is 1. The summed E-state index contributed by atoms with van der Waals surface area (Å²) in [7, 11) is 0. The quantitative estimate of drug-likeness (QED) is 0.287. The highest BCUT2D eigenvalue weighted by atomic mass is 35.5. The molecule has 0 amide bonds. The number of rotatable bonds is 0. The van der Waals surface area contributed by atoms with Gasteiger partial charge in [0.05, 0.1) is 5.41 Å². The molecule has 0 aromatic heterocycles. The second-order valence-corrected chi connectivity index (χ2v) is 8.86. The Hall–Kier alpha value is -2.68. The molecule has 0 saturated heterocycles. The van der Waals surface area contributed by atoms with Crippen LogP contribution >= 0.6 is 23.4 Å². The van der Waals surface area contributed by atoms with Gasteiger partial charge in [-0.2, -0.15) is 0 Å². The van der Waals surface area contributed by atoms with Crippen molar-refractivity contribution in [2.75, 3.05) is 5.73 Å². The summed E-state index contributed by atoms with van der Waals surface area (Å²) < 4.78 is 0. The van der Waals surface area contributed by atoms with Crippen molar-refractivity contribution in [3.8, 4) is 11.1 Å². The zero-order valence-corrected chi connectivity index (χ0v) is 16.5. The highest BCUT2D eigenvalue weighted by Gasteiger charge is 2.49. The number of hydrogen-bond donors (Lipinski definition) is 1. The predicted octanol–water partition coefficient (Wildman–Crippen LogP) is 6.75. The van der Waals surface area contributed by atoms with E-state index in [0.29, 0.717) is 0 Å². The SMILES string of the molecule is Nc1ccc2c(c1)Sc1cc(Cl)ccc1C21c2ccccc2-c2ccccc21. The average molecular weight is 398 g/mol. The highest BCUT2D eigenvalue weighted by Crippen LogP contribution is 2.62. The lowest BCUT2D eigenvalue weighted by atomic mass is 9.67. The number of hydrogen-bond acceptors (Lipinski definition) is 2. The van der Waals surface area contributed by atoms with Crippen molar-refractivity contribution in [3.63, 3.8) is 0 Å². The fourth-order valence-electron chi connectivity index (χ4n) is 4.90. The molecule has 3 heteroatoms. The molecule has 0 bridgehead atoms. The van der Waals surface area contributed by atoms with Gasteiger partial charge in [-0.15, -0.1) is 0 Å². The molecule has 1 heterocycles. The van der Waals surface area contributed by atoms with Gasteiger partial charge in [-0.25, -0.2) is 0 Å². The van der Waals surface area contributed by atoms with Crippen molar-refractivity contribution < 1.29 is 0 Å². The molecule has 0 unspecified atom stereocenters. The molecule has 134 valence electrons. The molecule has 1 aliphatic heterocycles. The van der Waals surface area contributed by atoms with Crippen LogP contribution in [0.5, 0.6) is 0 Å². The Labute approximate surface area is 173 Å². The fourth-order valence-corrected chi connectivity index (χ4v) is 6.42. The summed E-state index contributed by atoms with van der Waals surface area (Å²) in [4.78, 5) is 2.39. The monoisotopic (exact) mass is 397 g/mol. The van der Waals surface area contributed by atoms with Crippen molar-refractivity contribution in [2.24, 2.45) is 0 Å². The van der Waals surface area contributed by atoms with E-state index in [1.54, 1.807) is 11.8 Å². The van der Waals surface area contributed by atoms with Crippen LogP contribution in [0.4, 0.5) is 5.69 Å². The lowest BCUT2D eigenvalue weighted by Gasteiger charge is -2.39. The number of fused-ring (bicyclic) bond motifs is 9. The Balaban J connectivity index is 1.84. The molecule has 1 spiro atoms. The highest BCUT2D eigenvalue weighted by molar-refractivity contribution is 7.99. The summed E-state index contributed by atoms with van der Waals surface area (Å²) >= 11 is 8.15. The second-order valence-electron chi connectivity index (χ2n) is 7.34. The molecule has 1 aliphatic carbocycles. The number of nitrogens with two attached hydrogens (primary N) is 1. The third kappa shape index (κ3) is 1.94. The topological polar surface area (TPSA) is 26.0 Å². The molecular formula is C25H16ClNS. The Morgan fingerprint density at radius 3 is 1.89 bits per heavy atom. The van der Waals surface area contributed by atoms with E-state index < -0.39 is 0 Å². The van der Waals surface area contributed by atoms with Crippen LogP contribution in [0.3, 0.4) is 0 Å². The number of benzene rings is 4. The summed E-state index contributed by atoms with van der Waals surface area (Å²) in [5, 5.41) is 0.758. The van der Waals surface area contributed by atoms with Crippen LogP contribution in [0.15, 0.2) is 94.7 Å². The van der Waals surface area contributed by atoms with Gasteiger partial charge in [0.2, 0.25) is 0 Å². The van der Waals surface area contributed by atoms with Crippen molar-refractivity contribution in [1.82, 2.24) is 0 Å². The summed E-state index contributed by atoms with van der Waals surface area (Å²) in [5.74, 6) is 0. The second kappa shape index (κ2) is 5.66. The first-order valence-electron chi connectivity index (χ1n) is 9.27. The average Bonchev–Trinajstić information content (AvgIpc) is 2.99. The molecule has 0 fully saturated rings. The third-order valence-corrected chi connectivity index (χ3v) is 7.28. The minimum atomic E-state index is -0.346. The minimum Gasteiger partial charge on any atom is -0.399 e. The van der Waals surface area contributed by atoms with E-state index in [1.807, 2.05) is 12.1 Å². The Kier molecular flexibility index (Phi) is 3.30. The van der Waals surface area contributed by atoms with Crippen LogP contribution in [0.2, 0.25) is 5.02 Å². The molecule has 28 heavy (non-hydrogen) atoms. The first-order valence-corrected chi connectivity index (χ1v) is 10.5. The molecule has 0 saturated carbocycles. The van der Waals surface area contributed by atoms with Gasteiger partial charge in [0, 0.05) is 20.5 Å². The maximum atomic E-state index is 6.39. The van der Waals surface area contributed by atoms with E-state index in [-0.39, 0.29) is 5.41 Å². The van der Waals surface area contributed by atoms with Crippen molar-refractivity contribution >= 4 is 29.1 Å². The maximum Gasteiger partial charge on any atom is 0.0735 e. The maximum absolute atomic E-state index is 6.39. The smallest absolute Gasteiger partial charge is 0.0735 e. The molecule has 0 atom stereocenters. The summed E-state index contributed by atoms with van der Waals surface area (Å²) in [6.45, 7) is 0. The van der Waals surface area contributed by atoms with E-state index >= 15 is 0 Å². The van der Waals surface area contributed by atoms with Gasteiger partial charge in [-0.1, -0.05) is 84.0 Å². The lowest BCUT2D eigenvalue weighted by molar-refractivity contribution is 0.723. The fraction of sp³-hybridized carbons (Fsp3) is 0.0400. The molecule has 0 radical (unpaired) electrons. The number of anilines is 1. The lowest BCUT2D eigenvalue weighted by Crippen LogP contribution is -2.32. The Bertz CT molecular complexity index is 1180. The Morgan fingerprint density at radius 2 is 1.21 bits per heavy atom. The third-order valence-electron chi connectivity index (χ3n) is 5.93. The summed E-state index contributed by atoms with van der Waals surface area (Å²) in [6.07, 6.45) is 0. The molecule has 6 rings (SSSR count). The molecule has 1 nitrogen and oxygen atoms in total. The van der Waals surface area contributed by atoms with Crippen molar-refractivity contribution in [2.45, 2.75) is 15.2 Å². The van der Waals surface area contributed by atoms with Gasteiger partial charge < -0.3 is 5.73 Å². The van der Waals surface area contributed by atoms with E-state index in [0.717, 1.165) is 10.7 Å². The van der Waals surface area contributed by atoms with Crippen LogP contribution in [0.1, 0.15) is 22.3 Å². The van der Waals surface area contributed by atoms with E-state index in [2.05, 4.69) is 72.8 Å². The molecule has 2 aliphatic rings. The van der Waals surface area contributed by atoms with Gasteiger partial charge in [0.15, 0.2) is 0 Å². The normalized spacial score (nSPS) is 14.9. The summed E-state index contributed by atoms with van der Waals surface area (Å²) in [5.41, 5.74) is 14.4. The molecule has 4 aromatic rings. The van der Waals surface area contributed by atoms with E-state index in [9.17, 15) is 0 Å². The number of nitrogen functional groups attached to an aromatic ring is 1. The summed E-state index contributed by atoms with van der Waals surface area (Å²) in [6, 6.07) is 30.1. The molecule has 4 aromatic carbocycles. The van der Waals surface area contributed by atoms with Crippen molar-refractivity contribution in [1.29, 1.82) is 0 Å². The van der Waals surface area contributed by atoms with Gasteiger partial charge in [-0.05, 0) is 57.6 Å². The van der Waals surface area contributed by atoms with Crippen LogP contribution in [-0.4, -0.2) is 0 Å². The van der Waals surface area contributed by atoms with Gasteiger partial charge in [-0.3, -0.25) is 0 Å². The van der Waals surface area contributed by atoms with Crippen LogP contribution < -0.4 is 5.73 Å². The molecular weight excluding hydrogens is 382 g/mol. The van der Waals surface area contributed by atoms with Gasteiger partial charge >= 0.3 is 0 Å². The van der Waals surface area contributed by atoms with Crippen LogP contribution in [0.25, 0.3) is 11.1 Å². The minimum absolute atomic E-state index is 0.346. The van der Waals surface area contributed by atoms with Gasteiger partial charge in [0.25, 0.3) is 0 Å². The van der Waals surface area contributed by atoms with Crippen LogP contribution in [0, 0.1) is 0 Å². The zero-order valence-electron chi connectivity index (χ0n) is 14.9. The molecule has 2 N–H and O–H groups in total. The largest absolute Gasteiger partial charge is 0.399 e. The zero-order chi connectivity index (χ0) is 18.9. The van der Waals surface area contributed by atoms with Crippen molar-refractivity contribution in [3.05, 3.63) is 112 Å². The standard InChI is InChI=1S/C25H16ClNS/c26-15-9-11-21-23(13-15)28-24-14-16(27)10-12-22(24)25(21)19-7-3-1-5-17(19)18-6-2-4-8-20(18)25/h1-14H,27H2. The first kappa shape index (κ1) is 16.3. The van der Waals surface area contributed by atoms with Gasteiger partial charge in [0.1, 0.15) is 0 Å². The van der Waals surface area contributed by atoms with Crippen LogP contribution in [-0.2, 0) is 5.41 Å². The predicted molar refractivity (Wildman–Crippen MR) is 117 cm³/mol. The van der Waals surface area contributed by atoms with E-state index in [4.69, 9.17) is 17.3 Å². The van der Waals surface area contributed by atoms with E-state index in [1.165, 1.54) is 43.2 Å².